The topological polar surface area (TPSA) is 0 Å². The summed E-state index contributed by atoms with van der Waals surface area (Å²) in [4.78, 5) is 0. The molecular weight excluding hydrogens is 331 g/mol. The molecule has 0 aromatic heterocycles. The van der Waals surface area contributed by atoms with Crippen molar-refractivity contribution in [3.63, 3.8) is 0 Å². The summed E-state index contributed by atoms with van der Waals surface area (Å²) in [5.74, 6) is 0. The van der Waals surface area contributed by atoms with Gasteiger partial charge < -0.3 is 0 Å². The van der Waals surface area contributed by atoms with Crippen molar-refractivity contribution < 1.29 is 21.9 Å². The molecule has 0 atom stereocenters. The van der Waals surface area contributed by atoms with Crippen LogP contribution in [0.2, 0.25) is 0 Å². The summed E-state index contributed by atoms with van der Waals surface area (Å²) in [6.45, 7) is 0. The zero-order valence-corrected chi connectivity index (χ0v) is 9.55. The SMILES string of the molecule is [Cl][Co]([Cl])[Cl].[Cl][Co]([Cl])[Cl]. The van der Waals surface area contributed by atoms with Gasteiger partial charge >= 0.3 is 82.8 Å². The normalized spacial score (nSPS) is 11.2. The number of halogens is 6. The van der Waals surface area contributed by atoms with Gasteiger partial charge in [0.2, 0.25) is 0 Å². The van der Waals surface area contributed by atoms with Crippen molar-refractivity contribution in [2.24, 2.45) is 0 Å². The zero-order chi connectivity index (χ0) is 7.15. The van der Waals surface area contributed by atoms with Crippen molar-refractivity contribution in [1.29, 1.82) is 0 Å². The Morgan fingerprint density at radius 3 is 0.500 bits per heavy atom. The van der Waals surface area contributed by atoms with Crippen molar-refractivity contribution in [3.05, 3.63) is 0 Å². The molecule has 0 fully saturated rings. The maximum absolute atomic E-state index is 4.87. The van der Waals surface area contributed by atoms with Crippen molar-refractivity contribution in [2.45, 2.75) is 0 Å². The molecule has 0 saturated carbocycles. The van der Waals surface area contributed by atoms with Crippen LogP contribution in [0, 0.1) is 0 Å². The third kappa shape index (κ3) is 69.4. The standard InChI is InChI=1S/6ClH.2Co/h6*1H;;/q;;;;;;2*+3/p-6. The summed E-state index contributed by atoms with van der Waals surface area (Å²) < 4.78 is 0. The second-order valence-electron chi connectivity index (χ2n) is 0.286. The molecule has 0 unspecified atom stereocenters. The average molecular weight is 331 g/mol. The van der Waals surface area contributed by atoms with E-state index in [4.69, 9.17) is 60.9 Å². The molecule has 0 amide bonds. The van der Waals surface area contributed by atoms with Crippen LogP contribution in [0.4, 0.5) is 0 Å². The molecule has 0 aliphatic carbocycles. The van der Waals surface area contributed by atoms with Gasteiger partial charge in [-0.2, -0.15) is 0 Å². The summed E-state index contributed by atoms with van der Waals surface area (Å²) in [7, 11) is 26.8. The van der Waals surface area contributed by atoms with Gasteiger partial charge in [-0.3, -0.25) is 0 Å². The van der Waals surface area contributed by atoms with Crippen molar-refractivity contribution >= 4 is 60.9 Å². The van der Waals surface area contributed by atoms with Crippen molar-refractivity contribution in [3.8, 4) is 0 Å². The molecule has 8 heteroatoms. The Bertz CT molecular complexity index is 22.0. The van der Waals surface area contributed by atoms with Crippen LogP contribution in [0.25, 0.3) is 0 Å². The predicted molar refractivity (Wildman–Crippen MR) is 35.1 cm³/mol. The van der Waals surface area contributed by atoms with Crippen LogP contribution in [0.3, 0.4) is 0 Å². The summed E-state index contributed by atoms with van der Waals surface area (Å²) in [6.07, 6.45) is 0. The zero-order valence-electron chi connectivity index (χ0n) is 2.93. The fourth-order valence-electron chi connectivity index (χ4n) is 0. The molecule has 0 N–H and O–H groups in total. The first kappa shape index (κ1) is 13.4. The quantitative estimate of drug-likeness (QED) is 0.626. The second kappa shape index (κ2) is 9.75. The number of hydrogen-bond donors (Lipinski definition) is 0. The van der Waals surface area contributed by atoms with E-state index in [0.717, 1.165) is 0 Å². The third-order valence-electron chi connectivity index (χ3n) is 0. The molecule has 0 saturated heterocycles. The van der Waals surface area contributed by atoms with Crippen molar-refractivity contribution in [2.75, 3.05) is 0 Å². The van der Waals surface area contributed by atoms with Gasteiger partial charge in [0, 0.05) is 0 Å². The number of rotatable bonds is 0. The molecule has 8 heavy (non-hydrogen) atoms. The Labute approximate surface area is 81.7 Å². The van der Waals surface area contributed by atoms with Gasteiger partial charge in [-0.25, -0.2) is 0 Å². The van der Waals surface area contributed by atoms with Gasteiger partial charge in [0.15, 0.2) is 0 Å². The molecule has 0 nitrogen and oxygen atoms in total. The van der Waals surface area contributed by atoms with Crippen LogP contribution in [-0.4, -0.2) is 0 Å². The van der Waals surface area contributed by atoms with Gasteiger partial charge in [-0.1, -0.05) is 0 Å². The Morgan fingerprint density at radius 1 is 0.500 bits per heavy atom. The van der Waals surface area contributed by atoms with E-state index in [9.17, 15) is 0 Å². The predicted octanol–water partition coefficient (Wildman–Crippen LogP) is 4.13. The third-order valence-corrected chi connectivity index (χ3v) is 0. The van der Waals surface area contributed by atoms with E-state index in [0.29, 0.717) is 0 Å². The Morgan fingerprint density at radius 2 is 0.500 bits per heavy atom. The molecular formula is Cl6Co2. The van der Waals surface area contributed by atoms with E-state index in [1.807, 2.05) is 0 Å². The van der Waals surface area contributed by atoms with E-state index in [1.54, 1.807) is 0 Å². The molecule has 60 valence electrons. The molecule has 0 heterocycles. The minimum atomic E-state index is -1.19. The van der Waals surface area contributed by atoms with Crippen LogP contribution >= 0.6 is 60.9 Å². The second-order valence-corrected chi connectivity index (χ2v) is 10.6. The first-order valence-electron chi connectivity index (χ1n) is 0.756. The fourth-order valence-corrected chi connectivity index (χ4v) is 0. The van der Waals surface area contributed by atoms with Crippen LogP contribution in [0.5, 0.6) is 0 Å². The first-order valence-corrected chi connectivity index (χ1v) is 9.35. The van der Waals surface area contributed by atoms with Gasteiger partial charge in [0.1, 0.15) is 0 Å². The molecule has 0 aromatic carbocycles. The average Bonchev–Trinajstić information content (AvgIpc) is 1.25. The first-order chi connectivity index (χ1) is 3.46. The van der Waals surface area contributed by atoms with Gasteiger partial charge in [0.05, 0.1) is 0 Å². The maximum atomic E-state index is 4.87. The van der Waals surface area contributed by atoms with E-state index in [1.165, 1.54) is 0 Å². The van der Waals surface area contributed by atoms with Crippen LogP contribution in [-0.2, 0) is 21.9 Å². The molecule has 0 rings (SSSR count). The number of hydrogen-bond acceptors (Lipinski definition) is 0. The summed E-state index contributed by atoms with van der Waals surface area (Å²) in [5, 5.41) is 0. The van der Waals surface area contributed by atoms with Gasteiger partial charge in [0.25, 0.3) is 0 Å². The van der Waals surface area contributed by atoms with E-state index in [-0.39, 0.29) is 0 Å². The Kier molecular flexibility index (Phi) is 16.3. The van der Waals surface area contributed by atoms with E-state index in [2.05, 4.69) is 0 Å². The Balaban J connectivity index is 0. The van der Waals surface area contributed by atoms with Crippen LogP contribution in [0.1, 0.15) is 0 Å². The van der Waals surface area contributed by atoms with Crippen LogP contribution in [0.15, 0.2) is 0 Å². The molecule has 0 spiro atoms. The monoisotopic (exact) mass is 328 g/mol. The molecule has 0 aliphatic rings. The fraction of sp³-hybridized carbons (Fsp3) is 0. The summed E-state index contributed by atoms with van der Waals surface area (Å²) in [5.41, 5.74) is 0. The Hall–Kier alpha value is 2.75. The van der Waals surface area contributed by atoms with E-state index >= 15 is 0 Å². The molecule has 0 bridgehead atoms. The molecule has 0 radical (unpaired) electrons. The van der Waals surface area contributed by atoms with Gasteiger partial charge in [-0.05, 0) is 0 Å². The minimum absolute atomic E-state index is 1.19. The van der Waals surface area contributed by atoms with Crippen LogP contribution < -0.4 is 0 Å². The molecule has 0 aliphatic heterocycles. The molecule has 0 aromatic rings. The van der Waals surface area contributed by atoms with E-state index < -0.39 is 21.9 Å². The summed E-state index contributed by atoms with van der Waals surface area (Å²) in [6, 6.07) is 0. The van der Waals surface area contributed by atoms with Crippen molar-refractivity contribution in [1.82, 2.24) is 0 Å². The van der Waals surface area contributed by atoms with Gasteiger partial charge in [-0.15, -0.1) is 0 Å². The summed E-state index contributed by atoms with van der Waals surface area (Å²) >= 11 is 0.